The molecule has 1 N–H and O–H groups in total. The van der Waals surface area contributed by atoms with Gasteiger partial charge in [-0.25, -0.2) is 18.2 Å². The highest BCUT2D eigenvalue weighted by molar-refractivity contribution is 6.30. The van der Waals surface area contributed by atoms with E-state index in [2.05, 4.69) is 10.3 Å². The minimum Gasteiger partial charge on any atom is -0.351 e. The van der Waals surface area contributed by atoms with Gasteiger partial charge in [-0.2, -0.15) is 5.26 Å². The van der Waals surface area contributed by atoms with Crippen LogP contribution in [0.4, 0.5) is 24.7 Å². The van der Waals surface area contributed by atoms with E-state index in [1.807, 2.05) is 12.1 Å². The molecule has 1 saturated heterocycles. The van der Waals surface area contributed by atoms with E-state index in [9.17, 15) is 32.8 Å². The molecule has 12 heteroatoms. The third-order valence-electron chi connectivity index (χ3n) is 8.40. The number of nitrogens with zero attached hydrogens (tertiary/aromatic N) is 4. The van der Waals surface area contributed by atoms with Crippen molar-refractivity contribution in [3.8, 4) is 6.07 Å². The summed E-state index contributed by atoms with van der Waals surface area (Å²) >= 11 is 5.99. The second kappa shape index (κ2) is 10.7. The van der Waals surface area contributed by atoms with Crippen LogP contribution in [0.3, 0.4) is 0 Å². The maximum Gasteiger partial charge on any atom is 0.252 e. The molecule has 1 saturated carbocycles. The number of aryl methyl sites for hydroxylation is 1. The number of rotatable bonds is 6. The molecule has 2 aromatic carbocycles. The van der Waals surface area contributed by atoms with Crippen LogP contribution < -0.4 is 15.1 Å². The van der Waals surface area contributed by atoms with Crippen LogP contribution in [0.15, 0.2) is 60.8 Å². The molecular formula is C31H25ClF3N5O3. The lowest BCUT2D eigenvalue weighted by atomic mass is 9.83. The summed E-state index contributed by atoms with van der Waals surface area (Å²) in [4.78, 5) is 48.9. The molecule has 0 spiro atoms. The normalized spacial score (nSPS) is 22.4. The lowest BCUT2D eigenvalue weighted by molar-refractivity contribution is -0.137. The van der Waals surface area contributed by atoms with Crippen LogP contribution >= 0.6 is 11.6 Å². The Balaban J connectivity index is 1.50. The fourth-order valence-corrected chi connectivity index (χ4v) is 6.48. The highest BCUT2D eigenvalue weighted by atomic mass is 35.5. The standard InChI is InChI=1S/C31H25ClF3N5O3/c32-23-6-5-21(14-24(23)33)40(28(42)25-7-8-27(41)39(25)26-13-18(17-36)10-12-37-26)31(11-9-19-3-1-2-4-22(19)31)29(43)38-20-15-30(34,35)16-20/h1-6,10,12-14,20,25H,7-9,11,15-16H2,(H,38,43)/t25-,31-/m0/s1. The van der Waals surface area contributed by atoms with Gasteiger partial charge in [0.25, 0.3) is 17.7 Å². The minimum atomic E-state index is -2.90. The number of hydrogen-bond donors (Lipinski definition) is 1. The number of carbonyl (C=O) groups is 3. The van der Waals surface area contributed by atoms with Crippen molar-refractivity contribution < 1.29 is 27.6 Å². The zero-order valence-corrected chi connectivity index (χ0v) is 23.5. The van der Waals surface area contributed by atoms with E-state index < -0.39 is 59.9 Å². The molecule has 220 valence electrons. The van der Waals surface area contributed by atoms with Crippen molar-refractivity contribution in [2.24, 2.45) is 0 Å². The first-order valence-corrected chi connectivity index (χ1v) is 14.2. The zero-order valence-electron chi connectivity index (χ0n) is 22.7. The number of carbonyl (C=O) groups excluding carboxylic acids is 3. The smallest absolute Gasteiger partial charge is 0.252 e. The van der Waals surface area contributed by atoms with E-state index in [1.165, 1.54) is 40.3 Å². The number of fused-ring (bicyclic) bond motifs is 1. The summed E-state index contributed by atoms with van der Waals surface area (Å²) in [6.45, 7) is 0. The third-order valence-corrected chi connectivity index (χ3v) is 8.71. The number of benzene rings is 2. The first kappa shape index (κ1) is 28.7. The van der Waals surface area contributed by atoms with Crippen LogP contribution in [0.2, 0.25) is 5.02 Å². The molecular weight excluding hydrogens is 583 g/mol. The summed E-state index contributed by atoms with van der Waals surface area (Å²) in [6, 6.07) is 13.6. The van der Waals surface area contributed by atoms with Crippen molar-refractivity contribution in [3.63, 3.8) is 0 Å². The third kappa shape index (κ3) is 4.89. The molecule has 2 atom stereocenters. The van der Waals surface area contributed by atoms with E-state index in [-0.39, 0.29) is 41.4 Å². The molecule has 0 unspecified atom stereocenters. The van der Waals surface area contributed by atoms with E-state index in [0.29, 0.717) is 12.0 Å². The van der Waals surface area contributed by atoms with Gasteiger partial charge >= 0.3 is 0 Å². The molecule has 0 radical (unpaired) electrons. The number of hydrogen-bond acceptors (Lipinski definition) is 5. The van der Waals surface area contributed by atoms with Crippen molar-refractivity contribution in [2.45, 2.75) is 62.1 Å². The number of alkyl halides is 2. The van der Waals surface area contributed by atoms with Crippen LogP contribution in [-0.4, -0.2) is 40.7 Å². The number of amides is 3. The first-order chi connectivity index (χ1) is 20.5. The SMILES string of the molecule is N#Cc1ccnc(N2C(=O)CC[C@H]2C(=O)N(c2ccc(Cl)c(F)c2)[C@@]2(C(=O)NC3CC(F)(F)C3)CCc3ccccc32)c1. The number of nitrogens with one attached hydrogen (secondary N) is 1. The predicted octanol–water partition coefficient (Wildman–Crippen LogP) is 5.03. The summed E-state index contributed by atoms with van der Waals surface area (Å²) in [5, 5.41) is 11.9. The van der Waals surface area contributed by atoms with Crippen molar-refractivity contribution in [3.05, 3.63) is 88.3 Å². The second-order valence-electron chi connectivity index (χ2n) is 11.1. The summed E-state index contributed by atoms with van der Waals surface area (Å²) in [5.41, 5.74) is -0.270. The van der Waals surface area contributed by atoms with Gasteiger partial charge in [-0.3, -0.25) is 24.2 Å². The number of pyridine rings is 1. The largest absolute Gasteiger partial charge is 0.351 e. The van der Waals surface area contributed by atoms with Crippen LogP contribution in [0, 0.1) is 17.1 Å². The van der Waals surface area contributed by atoms with Crippen LogP contribution in [0.1, 0.15) is 48.8 Å². The molecule has 0 bridgehead atoms. The lowest BCUT2D eigenvalue weighted by Crippen LogP contribution is -2.64. The first-order valence-electron chi connectivity index (χ1n) is 13.8. The molecule has 2 fully saturated rings. The van der Waals surface area contributed by atoms with Crippen LogP contribution in [0.5, 0.6) is 0 Å². The highest BCUT2D eigenvalue weighted by Crippen LogP contribution is 2.47. The number of anilines is 2. The molecule has 6 rings (SSSR count). The Bertz CT molecular complexity index is 1690. The molecule has 8 nitrogen and oxygen atoms in total. The van der Waals surface area contributed by atoms with E-state index in [0.717, 1.165) is 11.6 Å². The predicted molar refractivity (Wildman–Crippen MR) is 151 cm³/mol. The van der Waals surface area contributed by atoms with Crippen molar-refractivity contribution in [2.75, 3.05) is 9.80 Å². The Morgan fingerprint density at radius 3 is 2.60 bits per heavy atom. The van der Waals surface area contributed by atoms with Crippen LogP contribution in [-0.2, 0) is 26.3 Å². The summed E-state index contributed by atoms with van der Waals surface area (Å²) < 4.78 is 42.5. The van der Waals surface area contributed by atoms with Gasteiger partial charge in [0, 0.05) is 37.2 Å². The van der Waals surface area contributed by atoms with E-state index in [4.69, 9.17) is 11.6 Å². The van der Waals surface area contributed by atoms with Gasteiger partial charge in [-0.1, -0.05) is 35.9 Å². The Kier molecular flexibility index (Phi) is 7.13. The fraction of sp³-hybridized carbons (Fsp3) is 0.323. The highest BCUT2D eigenvalue weighted by Gasteiger charge is 2.57. The van der Waals surface area contributed by atoms with E-state index >= 15 is 0 Å². The average molecular weight is 608 g/mol. The Morgan fingerprint density at radius 2 is 1.88 bits per heavy atom. The number of halogens is 4. The summed E-state index contributed by atoms with van der Waals surface area (Å²) in [7, 11) is 0. The van der Waals surface area contributed by atoms with Gasteiger partial charge in [0.1, 0.15) is 17.7 Å². The summed E-state index contributed by atoms with van der Waals surface area (Å²) in [5.74, 6) is -5.43. The molecule has 43 heavy (non-hydrogen) atoms. The van der Waals surface area contributed by atoms with Gasteiger partial charge < -0.3 is 5.32 Å². The molecule has 2 aliphatic carbocycles. The number of nitriles is 1. The molecule has 3 aromatic rings. The average Bonchev–Trinajstić information content (AvgIpc) is 3.55. The minimum absolute atomic E-state index is 0.00930. The lowest BCUT2D eigenvalue weighted by Gasteiger charge is -2.45. The fourth-order valence-electron chi connectivity index (χ4n) is 6.36. The molecule has 1 aromatic heterocycles. The maximum atomic E-state index is 15.0. The Hall–Kier alpha value is -4.43. The molecule has 3 amide bonds. The molecule has 2 heterocycles. The van der Waals surface area contributed by atoms with Gasteiger partial charge in [-0.05, 0) is 60.7 Å². The van der Waals surface area contributed by atoms with Gasteiger partial charge in [0.05, 0.1) is 16.7 Å². The Morgan fingerprint density at radius 1 is 1.12 bits per heavy atom. The van der Waals surface area contributed by atoms with Crippen LogP contribution in [0.25, 0.3) is 0 Å². The maximum absolute atomic E-state index is 15.0. The van der Waals surface area contributed by atoms with Crippen molar-refractivity contribution in [1.29, 1.82) is 5.26 Å². The summed E-state index contributed by atoms with van der Waals surface area (Å²) in [6.07, 6.45) is 0.798. The van der Waals surface area contributed by atoms with Gasteiger partial charge in [-0.15, -0.1) is 0 Å². The van der Waals surface area contributed by atoms with Crippen molar-refractivity contribution in [1.82, 2.24) is 10.3 Å². The molecule has 1 aliphatic heterocycles. The van der Waals surface area contributed by atoms with Gasteiger partial charge in [0.15, 0.2) is 5.54 Å². The van der Waals surface area contributed by atoms with E-state index in [1.54, 1.807) is 18.2 Å². The van der Waals surface area contributed by atoms with Crippen molar-refractivity contribution >= 4 is 40.8 Å². The zero-order chi connectivity index (χ0) is 30.5. The topological polar surface area (TPSA) is 106 Å². The van der Waals surface area contributed by atoms with Gasteiger partial charge in [0.2, 0.25) is 5.91 Å². The Labute approximate surface area is 250 Å². The monoisotopic (exact) mass is 607 g/mol. The number of aromatic nitrogens is 1. The quantitative estimate of drug-likeness (QED) is 0.423. The molecule has 3 aliphatic rings. The second-order valence-corrected chi connectivity index (χ2v) is 11.5.